The first-order chi connectivity index (χ1) is 8.45. The van der Waals surface area contributed by atoms with Crippen LogP contribution < -0.4 is 0 Å². The monoisotopic (exact) mass is 264 g/mol. The summed E-state index contributed by atoms with van der Waals surface area (Å²) in [5.74, 6) is -0.328. The van der Waals surface area contributed by atoms with Crippen LogP contribution in [0.1, 0.15) is 25.0 Å². The zero-order valence-electron chi connectivity index (χ0n) is 10.6. The van der Waals surface area contributed by atoms with E-state index < -0.39 is 5.41 Å². The lowest BCUT2D eigenvalue weighted by atomic mass is 9.75. The van der Waals surface area contributed by atoms with Gasteiger partial charge in [-0.15, -0.1) is 11.8 Å². The molecule has 0 fully saturated rings. The lowest BCUT2D eigenvalue weighted by Gasteiger charge is -2.31. The summed E-state index contributed by atoms with van der Waals surface area (Å²) >= 11 is 1.31. The van der Waals surface area contributed by atoms with Crippen LogP contribution in [0.4, 0.5) is 8.78 Å². The minimum atomic E-state index is -0.432. The number of halogens is 2. The Morgan fingerprint density at radius 1 is 1.22 bits per heavy atom. The van der Waals surface area contributed by atoms with E-state index in [4.69, 9.17) is 0 Å². The first-order valence-corrected chi connectivity index (χ1v) is 6.85. The smallest absolute Gasteiger partial charge is 0.139 e. The molecule has 3 heteroatoms. The molecule has 0 saturated carbocycles. The van der Waals surface area contributed by atoms with Crippen LogP contribution in [0, 0.1) is 12.7 Å². The van der Waals surface area contributed by atoms with Gasteiger partial charge >= 0.3 is 0 Å². The third-order valence-corrected chi connectivity index (χ3v) is 5.50. The third kappa shape index (κ3) is 1.37. The molecule has 1 aliphatic heterocycles. The van der Waals surface area contributed by atoms with Crippen LogP contribution in [-0.4, -0.2) is 5.25 Å². The molecule has 1 aliphatic carbocycles. The van der Waals surface area contributed by atoms with E-state index in [2.05, 4.69) is 0 Å². The van der Waals surface area contributed by atoms with E-state index in [0.717, 1.165) is 5.56 Å². The summed E-state index contributed by atoms with van der Waals surface area (Å²) in [7, 11) is 0. The Kier molecular flexibility index (Phi) is 2.46. The van der Waals surface area contributed by atoms with Gasteiger partial charge in [0.1, 0.15) is 11.6 Å². The number of benzene rings is 1. The molecule has 0 saturated heterocycles. The molecule has 0 aromatic heterocycles. The predicted molar refractivity (Wildman–Crippen MR) is 71.1 cm³/mol. The van der Waals surface area contributed by atoms with Gasteiger partial charge in [-0.25, -0.2) is 8.78 Å². The summed E-state index contributed by atoms with van der Waals surface area (Å²) in [6.07, 6.45) is 3.81. The minimum absolute atomic E-state index is 0.127. The highest BCUT2D eigenvalue weighted by atomic mass is 32.2. The molecule has 18 heavy (non-hydrogen) atoms. The molecule has 0 radical (unpaired) electrons. The molecule has 1 heterocycles. The van der Waals surface area contributed by atoms with Gasteiger partial charge < -0.3 is 0 Å². The maximum atomic E-state index is 14.3. The number of thioether (sulfide) groups is 1. The van der Waals surface area contributed by atoms with Gasteiger partial charge in [0, 0.05) is 10.3 Å². The van der Waals surface area contributed by atoms with Gasteiger partial charge in [-0.1, -0.05) is 31.2 Å². The van der Waals surface area contributed by atoms with Gasteiger partial charge in [0.2, 0.25) is 0 Å². The van der Waals surface area contributed by atoms with Gasteiger partial charge in [0.15, 0.2) is 0 Å². The molecule has 0 nitrogen and oxygen atoms in total. The molecule has 0 N–H and O–H groups in total. The van der Waals surface area contributed by atoms with Crippen LogP contribution in [-0.2, 0) is 5.41 Å². The number of hydrogen-bond donors (Lipinski definition) is 0. The Morgan fingerprint density at radius 2 is 1.94 bits per heavy atom. The van der Waals surface area contributed by atoms with Crippen LogP contribution >= 0.6 is 11.8 Å². The highest BCUT2D eigenvalue weighted by Crippen LogP contribution is 2.56. The molecule has 0 spiro atoms. The fourth-order valence-electron chi connectivity index (χ4n) is 2.65. The van der Waals surface area contributed by atoms with E-state index in [1.54, 1.807) is 26.0 Å². The Balaban J connectivity index is 2.23. The number of rotatable bonds is 0. The molecule has 2 atom stereocenters. The highest BCUT2D eigenvalue weighted by molar-refractivity contribution is 8.00. The zero-order valence-corrected chi connectivity index (χ0v) is 11.4. The summed E-state index contributed by atoms with van der Waals surface area (Å²) in [5.41, 5.74) is 1.74. The summed E-state index contributed by atoms with van der Waals surface area (Å²) in [6, 6.07) is 3.71. The van der Waals surface area contributed by atoms with Crippen molar-refractivity contribution in [1.82, 2.24) is 0 Å². The maximum Gasteiger partial charge on any atom is 0.139 e. The molecule has 1 aromatic carbocycles. The van der Waals surface area contributed by atoms with Crippen molar-refractivity contribution in [3.63, 3.8) is 0 Å². The second-order valence-electron chi connectivity index (χ2n) is 5.22. The average molecular weight is 264 g/mol. The lowest BCUT2D eigenvalue weighted by Crippen LogP contribution is -2.31. The van der Waals surface area contributed by atoms with Gasteiger partial charge in [-0.2, -0.15) is 0 Å². The van der Waals surface area contributed by atoms with Crippen molar-refractivity contribution in [3.05, 3.63) is 52.6 Å². The van der Waals surface area contributed by atoms with Gasteiger partial charge in [-0.05, 0) is 30.5 Å². The second-order valence-corrected chi connectivity index (χ2v) is 6.33. The largest absolute Gasteiger partial charge is 0.210 e. The summed E-state index contributed by atoms with van der Waals surface area (Å²) in [5, 5.41) is -0.325. The van der Waals surface area contributed by atoms with Crippen LogP contribution in [0.3, 0.4) is 0 Å². The van der Waals surface area contributed by atoms with Crippen molar-refractivity contribution < 1.29 is 8.78 Å². The average Bonchev–Trinajstić information content (AvgIpc) is 2.64. The molecule has 3 rings (SSSR count). The van der Waals surface area contributed by atoms with E-state index >= 15 is 0 Å². The van der Waals surface area contributed by atoms with Crippen molar-refractivity contribution in [2.75, 3.05) is 0 Å². The predicted octanol–water partition coefficient (Wildman–Crippen LogP) is 4.68. The first-order valence-electron chi connectivity index (χ1n) is 5.97. The Bertz CT molecular complexity index is 601. The van der Waals surface area contributed by atoms with Crippen LogP contribution in [0.25, 0.3) is 0 Å². The van der Waals surface area contributed by atoms with Crippen molar-refractivity contribution in [2.45, 2.75) is 36.3 Å². The fourth-order valence-corrected chi connectivity index (χ4v) is 4.31. The maximum absolute atomic E-state index is 14.3. The molecule has 1 aromatic rings. The molecule has 0 bridgehead atoms. The van der Waals surface area contributed by atoms with Gasteiger partial charge in [0.25, 0.3) is 0 Å². The first kappa shape index (κ1) is 12.0. The molecule has 2 aliphatic rings. The van der Waals surface area contributed by atoms with Gasteiger partial charge in [-0.3, -0.25) is 0 Å². The van der Waals surface area contributed by atoms with E-state index in [-0.39, 0.29) is 16.9 Å². The fraction of sp³-hybridized carbons (Fsp3) is 0.333. The number of allylic oxidation sites excluding steroid dienone is 3. The Hall–Kier alpha value is -1.09. The second kappa shape index (κ2) is 3.70. The van der Waals surface area contributed by atoms with Crippen LogP contribution in [0.2, 0.25) is 0 Å². The van der Waals surface area contributed by atoms with Gasteiger partial charge in [0.05, 0.1) is 5.25 Å². The normalized spacial score (nSPS) is 29.5. The van der Waals surface area contributed by atoms with E-state index in [1.807, 2.05) is 19.1 Å². The molecule has 2 unspecified atom stereocenters. The molecule has 94 valence electrons. The molecular weight excluding hydrogens is 250 g/mol. The standard InChI is InChI=1S/C15H14F2S/c1-8-4-5-10-13(11(8)16)18-14-12(17)9(2)6-7-15(10,14)3/h4-7,14H,1-3H3. The summed E-state index contributed by atoms with van der Waals surface area (Å²) in [6.45, 7) is 5.48. The highest BCUT2D eigenvalue weighted by Gasteiger charge is 2.47. The van der Waals surface area contributed by atoms with Crippen molar-refractivity contribution in [2.24, 2.45) is 0 Å². The Morgan fingerprint density at radius 3 is 2.67 bits per heavy atom. The number of fused-ring (bicyclic) bond motifs is 3. The van der Waals surface area contributed by atoms with E-state index in [9.17, 15) is 8.78 Å². The van der Waals surface area contributed by atoms with E-state index in [0.29, 0.717) is 16.0 Å². The van der Waals surface area contributed by atoms with Crippen molar-refractivity contribution in [1.29, 1.82) is 0 Å². The summed E-state index contributed by atoms with van der Waals surface area (Å²) in [4.78, 5) is 0.608. The molecule has 0 amide bonds. The SMILES string of the molecule is CC1=C(F)C2Sc3c(ccc(C)c3F)C2(C)C=C1. The van der Waals surface area contributed by atoms with Crippen LogP contribution in [0.5, 0.6) is 0 Å². The third-order valence-electron chi connectivity index (χ3n) is 3.94. The molecular formula is C15H14F2S. The quantitative estimate of drug-likeness (QED) is 0.655. The van der Waals surface area contributed by atoms with Crippen LogP contribution in [0.15, 0.2) is 40.6 Å². The van der Waals surface area contributed by atoms with Crippen molar-refractivity contribution >= 4 is 11.8 Å². The topological polar surface area (TPSA) is 0 Å². The van der Waals surface area contributed by atoms with Crippen molar-refractivity contribution in [3.8, 4) is 0 Å². The minimum Gasteiger partial charge on any atom is -0.210 e. The summed E-state index contributed by atoms with van der Waals surface area (Å²) < 4.78 is 28.4. The lowest BCUT2D eigenvalue weighted by molar-refractivity contribution is 0.491. The van der Waals surface area contributed by atoms with E-state index in [1.165, 1.54) is 11.8 Å². The number of aryl methyl sites for hydroxylation is 1. The zero-order chi connectivity index (χ0) is 13.1. The Labute approximate surface area is 110 Å². The number of hydrogen-bond acceptors (Lipinski definition) is 1.